The molecule has 0 spiro atoms. The molecule has 0 aliphatic heterocycles. The van der Waals surface area contributed by atoms with E-state index in [0.29, 0.717) is 0 Å². The van der Waals surface area contributed by atoms with Gasteiger partial charge in [-0.05, 0) is 99.5 Å². The first-order chi connectivity index (χ1) is 28.6. The predicted octanol–water partition coefficient (Wildman–Crippen LogP) is 15.0. The van der Waals surface area contributed by atoms with Crippen molar-refractivity contribution in [3.63, 3.8) is 0 Å². The number of rotatable bonds is 7. The van der Waals surface area contributed by atoms with Crippen LogP contribution in [0, 0.1) is 0 Å². The predicted molar refractivity (Wildman–Crippen MR) is 244 cm³/mol. The fourth-order valence-corrected chi connectivity index (χ4v) is 9.57. The highest BCUT2D eigenvalue weighted by Crippen LogP contribution is 2.59. The number of benzene rings is 8. The molecule has 1 unspecified atom stereocenters. The van der Waals surface area contributed by atoms with Gasteiger partial charge in [-0.15, -0.1) is 0 Å². The molecule has 1 atom stereocenters. The minimum absolute atomic E-state index is 0.688. The molecule has 0 amide bonds. The van der Waals surface area contributed by atoms with Gasteiger partial charge in [-0.3, -0.25) is 0 Å². The smallest absolute Gasteiger partial charge is 0.143 e. The molecule has 0 saturated heterocycles. The van der Waals surface area contributed by atoms with Gasteiger partial charge in [0.25, 0.3) is 0 Å². The number of nitrogens with zero attached hydrogens (tertiary/aromatic N) is 1. The Bertz CT molecular complexity index is 3190. The van der Waals surface area contributed by atoms with Gasteiger partial charge >= 0.3 is 0 Å². The maximum atomic E-state index is 6.81. The van der Waals surface area contributed by atoms with E-state index in [1.807, 2.05) is 13.0 Å². The van der Waals surface area contributed by atoms with Crippen molar-refractivity contribution in [3.8, 4) is 39.1 Å². The zero-order valence-electron chi connectivity index (χ0n) is 32.2. The second-order valence-electron chi connectivity index (χ2n) is 15.3. The largest absolute Gasteiger partial charge is 0.455 e. The molecule has 0 bridgehead atoms. The Morgan fingerprint density at radius 3 is 1.81 bits per heavy atom. The van der Waals surface area contributed by atoms with Gasteiger partial charge in [-0.2, -0.15) is 0 Å². The van der Waals surface area contributed by atoms with Crippen LogP contribution in [0.4, 0.5) is 0 Å². The van der Waals surface area contributed by atoms with Crippen LogP contribution < -0.4 is 0 Å². The monoisotopic (exact) mass is 741 g/mol. The molecule has 2 heterocycles. The van der Waals surface area contributed by atoms with Crippen LogP contribution >= 0.6 is 0 Å². The molecule has 0 saturated carbocycles. The summed E-state index contributed by atoms with van der Waals surface area (Å²) < 4.78 is 9.26. The van der Waals surface area contributed by atoms with Crippen LogP contribution in [-0.2, 0) is 5.41 Å². The number of hydrogen-bond acceptors (Lipinski definition) is 1. The average molecular weight is 742 g/mol. The van der Waals surface area contributed by atoms with E-state index in [1.165, 1.54) is 49.7 Å². The summed E-state index contributed by atoms with van der Waals surface area (Å²) in [6.45, 7) is 6.93. The molecule has 2 aromatic heterocycles. The molecule has 10 aromatic rings. The third kappa shape index (κ3) is 4.98. The molecule has 1 aliphatic carbocycles. The lowest BCUT2D eigenvalue weighted by molar-refractivity contribution is 0.669. The van der Waals surface area contributed by atoms with E-state index in [-0.39, 0.29) is 0 Å². The minimum atomic E-state index is -0.688. The van der Waals surface area contributed by atoms with Crippen LogP contribution in [-0.4, -0.2) is 4.57 Å². The molecule has 2 nitrogen and oxygen atoms in total. The summed E-state index contributed by atoms with van der Waals surface area (Å²) in [5.41, 5.74) is 16.1. The van der Waals surface area contributed by atoms with Crippen molar-refractivity contribution in [2.75, 3.05) is 0 Å². The number of furan rings is 1. The third-order valence-corrected chi connectivity index (χ3v) is 12.2. The van der Waals surface area contributed by atoms with Gasteiger partial charge in [0.05, 0.1) is 16.4 Å². The van der Waals surface area contributed by atoms with Gasteiger partial charge in [0.1, 0.15) is 11.2 Å². The molecule has 2 heteroatoms. The van der Waals surface area contributed by atoms with Crippen molar-refractivity contribution in [1.82, 2.24) is 4.57 Å². The van der Waals surface area contributed by atoms with Gasteiger partial charge in [0.2, 0.25) is 0 Å². The zero-order chi connectivity index (χ0) is 38.8. The molecule has 0 fully saturated rings. The highest BCUT2D eigenvalue weighted by atomic mass is 16.3. The van der Waals surface area contributed by atoms with Crippen molar-refractivity contribution in [2.45, 2.75) is 12.3 Å². The first-order valence-corrected chi connectivity index (χ1v) is 20.0. The van der Waals surface area contributed by atoms with Crippen molar-refractivity contribution in [1.29, 1.82) is 0 Å². The lowest BCUT2D eigenvalue weighted by Gasteiger charge is -2.34. The van der Waals surface area contributed by atoms with E-state index in [4.69, 9.17) is 11.0 Å². The number of aromatic nitrogens is 1. The maximum absolute atomic E-state index is 6.81. The normalized spacial score (nSPS) is 15.0. The second kappa shape index (κ2) is 13.4. The highest BCUT2D eigenvalue weighted by molar-refractivity contribution is 6.14. The minimum Gasteiger partial charge on any atom is -0.455 e. The summed E-state index contributed by atoms with van der Waals surface area (Å²) in [5, 5.41) is 4.68. The van der Waals surface area contributed by atoms with Crippen molar-refractivity contribution >= 4 is 43.7 Å². The summed E-state index contributed by atoms with van der Waals surface area (Å²) in [6.07, 6.45) is 8.42. The standard InChI is InChI=1S/C56H39NO/c1-3-4-8-17-37(2)56(42-22-13-7-14-23-42)49-31-30-45-44-24-15-16-25-53(44)58-55(45)54(49)46-29-28-43(36-50(46)56)57-51-32-26-40(38-18-9-5-10-19-38)34-47(51)48-35-41(27-33-52(48)57)39-20-11-6-12-21-39/h3-36H,2H2,1H3/b4-3-,17-8-. The summed E-state index contributed by atoms with van der Waals surface area (Å²) in [7, 11) is 0. The Labute approximate surface area is 338 Å². The van der Waals surface area contributed by atoms with Gasteiger partial charge < -0.3 is 8.98 Å². The molecule has 0 N–H and O–H groups in total. The van der Waals surface area contributed by atoms with Gasteiger partial charge in [0.15, 0.2) is 0 Å². The molecule has 1 aliphatic rings. The SMILES string of the molecule is C=C(/C=C\C=C/C)C1(c2ccccc2)c2cc(-n3c4ccc(-c5ccccc5)cc4c4cc(-c5ccccc5)ccc43)ccc2-c2c1ccc1c2oc2ccccc21. The van der Waals surface area contributed by atoms with Crippen LogP contribution in [0.15, 0.2) is 223 Å². The first kappa shape index (κ1) is 33.9. The molecular weight excluding hydrogens is 703 g/mol. The third-order valence-electron chi connectivity index (χ3n) is 12.2. The number of hydrogen-bond donors (Lipinski definition) is 0. The van der Waals surface area contributed by atoms with Crippen LogP contribution in [0.25, 0.3) is 82.8 Å². The van der Waals surface area contributed by atoms with E-state index >= 15 is 0 Å². The highest BCUT2D eigenvalue weighted by Gasteiger charge is 2.47. The Balaban J connectivity index is 1.22. The Morgan fingerprint density at radius 2 is 1.16 bits per heavy atom. The molecule has 0 radical (unpaired) electrons. The molecular formula is C56H39NO. The van der Waals surface area contributed by atoms with E-state index in [2.05, 4.69) is 205 Å². The quantitative estimate of drug-likeness (QED) is 0.149. The van der Waals surface area contributed by atoms with Crippen LogP contribution in [0.2, 0.25) is 0 Å². The van der Waals surface area contributed by atoms with Crippen molar-refractivity contribution in [3.05, 3.63) is 235 Å². The fourth-order valence-electron chi connectivity index (χ4n) is 9.57. The Morgan fingerprint density at radius 1 is 0.534 bits per heavy atom. The maximum Gasteiger partial charge on any atom is 0.143 e. The van der Waals surface area contributed by atoms with E-state index in [1.54, 1.807) is 0 Å². The summed E-state index contributed by atoms with van der Waals surface area (Å²) in [4.78, 5) is 0. The molecule has 11 rings (SSSR count). The number of para-hydroxylation sites is 1. The van der Waals surface area contributed by atoms with Crippen LogP contribution in [0.1, 0.15) is 23.6 Å². The Kier molecular flexibility index (Phi) is 7.80. The van der Waals surface area contributed by atoms with E-state index in [9.17, 15) is 0 Å². The van der Waals surface area contributed by atoms with Crippen molar-refractivity contribution < 1.29 is 4.42 Å². The van der Waals surface area contributed by atoms with E-state index < -0.39 is 5.41 Å². The fraction of sp³-hybridized carbons (Fsp3) is 0.0357. The topological polar surface area (TPSA) is 18.1 Å². The first-order valence-electron chi connectivity index (χ1n) is 20.0. The summed E-state index contributed by atoms with van der Waals surface area (Å²) in [5.74, 6) is 0. The lowest BCUT2D eigenvalue weighted by Crippen LogP contribution is -2.28. The summed E-state index contributed by atoms with van der Waals surface area (Å²) >= 11 is 0. The lowest BCUT2D eigenvalue weighted by atomic mass is 9.67. The summed E-state index contributed by atoms with van der Waals surface area (Å²) in [6, 6.07) is 66.0. The molecule has 8 aromatic carbocycles. The number of allylic oxidation sites excluding steroid dienone is 5. The van der Waals surface area contributed by atoms with E-state index in [0.717, 1.165) is 55.4 Å². The van der Waals surface area contributed by atoms with Gasteiger partial charge in [0, 0.05) is 32.8 Å². The van der Waals surface area contributed by atoms with Gasteiger partial charge in [-0.1, -0.05) is 170 Å². The molecule has 274 valence electrons. The van der Waals surface area contributed by atoms with Crippen molar-refractivity contribution in [2.24, 2.45) is 0 Å². The Hall–Kier alpha value is -7.42. The van der Waals surface area contributed by atoms with Gasteiger partial charge in [-0.25, -0.2) is 0 Å². The average Bonchev–Trinajstić information content (AvgIpc) is 3.93. The second-order valence-corrected chi connectivity index (χ2v) is 15.3. The zero-order valence-corrected chi connectivity index (χ0v) is 32.2. The molecule has 58 heavy (non-hydrogen) atoms. The number of fused-ring (bicyclic) bond motifs is 10. The van der Waals surface area contributed by atoms with Crippen LogP contribution in [0.5, 0.6) is 0 Å². The van der Waals surface area contributed by atoms with Crippen LogP contribution in [0.3, 0.4) is 0 Å².